The summed E-state index contributed by atoms with van der Waals surface area (Å²) in [6.07, 6.45) is 0.951. The van der Waals surface area contributed by atoms with Crippen molar-refractivity contribution in [2.75, 3.05) is 11.9 Å². The number of thiophene rings is 1. The number of nitrogens with zero attached hydrogens (tertiary/aromatic N) is 3. The first-order valence-electron chi connectivity index (χ1n) is 7.67. The fourth-order valence-electron chi connectivity index (χ4n) is 1.97. The maximum absolute atomic E-state index is 5.79. The Balaban J connectivity index is 1.91. The number of rotatable bonds is 8. The first-order chi connectivity index (χ1) is 10.6. The van der Waals surface area contributed by atoms with Crippen molar-refractivity contribution in [3.05, 3.63) is 34.0 Å². The van der Waals surface area contributed by atoms with Gasteiger partial charge in [-0.25, -0.2) is 4.98 Å². The molecule has 22 heavy (non-hydrogen) atoms. The molecule has 1 unspecified atom stereocenters. The van der Waals surface area contributed by atoms with E-state index >= 15 is 0 Å². The summed E-state index contributed by atoms with van der Waals surface area (Å²) in [4.78, 5) is 14.5. The molecule has 2 aromatic rings. The van der Waals surface area contributed by atoms with E-state index in [1.54, 1.807) is 11.3 Å². The molecule has 0 fully saturated rings. The molecule has 1 N–H and O–H groups in total. The fourth-order valence-corrected chi connectivity index (χ4v) is 2.61. The maximum atomic E-state index is 5.79. The normalized spacial score (nSPS) is 12.6. The molecule has 0 aliphatic rings. The van der Waals surface area contributed by atoms with Crippen molar-refractivity contribution in [1.29, 1.82) is 0 Å². The van der Waals surface area contributed by atoms with Gasteiger partial charge in [-0.2, -0.15) is 9.97 Å². The van der Waals surface area contributed by atoms with Gasteiger partial charge in [-0.3, -0.25) is 0 Å². The fraction of sp³-hybridized carbons (Fsp3) is 0.562. The van der Waals surface area contributed by atoms with Crippen LogP contribution >= 0.6 is 11.3 Å². The lowest BCUT2D eigenvalue weighted by Crippen LogP contribution is -2.26. The lowest BCUT2D eigenvalue weighted by molar-refractivity contribution is 0.113. The molecular formula is C16H24N4OS. The summed E-state index contributed by atoms with van der Waals surface area (Å²) < 4.78 is 5.79. The summed E-state index contributed by atoms with van der Waals surface area (Å²) in [5, 5.41) is 5.43. The molecular weight excluding hydrogens is 296 g/mol. The molecule has 0 aliphatic heterocycles. The van der Waals surface area contributed by atoms with E-state index < -0.39 is 0 Å². The molecule has 2 rings (SSSR count). The number of anilines is 1. The highest BCUT2D eigenvalue weighted by Gasteiger charge is 2.12. The van der Waals surface area contributed by atoms with Crippen LogP contribution in [0, 0.1) is 6.92 Å². The van der Waals surface area contributed by atoms with Crippen LogP contribution < -0.4 is 5.32 Å². The number of ether oxygens (including phenoxy) is 1. The van der Waals surface area contributed by atoms with Gasteiger partial charge in [0.15, 0.2) is 0 Å². The molecule has 0 bridgehead atoms. The van der Waals surface area contributed by atoms with Crippen LogP contribution in [0.4, 0.5) is 5.95 Å². The van der Waals surface area contributed by atoms with Crippen LogP contribution in [0.1, 0.15) is 49.6 Å². The Morgan fingerprint density at radius 3 is 2.73 bits per heavy atom. The molecule has 0 amide bonds. The topological polar surface area (TPSA) is 59.9 Å². The van der Waals surface area contributed by atoms with Gasteiger partial charge < -0.3 is 10.1 Å². The van der Waals surface area contributed by atoms with Crippen molar-refractivity contribution in [1.82, 2.24) is 15.0 Å². The monoisotopic (exact) mass is 320 g/mol. The number of hydrogen-bond acceptors (Lipinski definition) is 6. The van der Waals surface area contributed by atoms with Gasteiger partial charge in [0.2, 0.25) is 5.95 Å². The number of aryl methyl sites for hydroxylation is 1. The third kappa shape index (κ3) is 5.03. The van der Waals surface area contributed by atoms with Crippen molar-refractivity contribution < 1.29 is 4.74 Å². The van der Waals surface area contributed by atoms with Crippen LogP contribution in [0.3, 0.4) is 0 Å². The third-order valence-electron chi connectivity index (χ3n) is 3.25. The Morgan fingerprint density at radius 1 is 1.27 bits per heavy atom. The van der Waals surface area contributed by atoms with Crippen LogP contribution in [-0.2, 0) is 11.3 Å². The van der Waals surface area contributed by atoms with E-state index in [0.717, 1.165) is 18.1 Å². The van der Waals surface area contributed by atoms with Crippen LogP contribution in [0.2, 0.25) is 0 Å². The Morgan fingerprint density at radius 2 is 2.09 bits per heavy atom. The highest BCUT2D eigenvalue weighted by molar-refractivity contribution is 7.09. The van der Waals surface area contributed by atoms with Crippen molar-refractivity contribution in [2.24, 2.45) is 0 Å². The summed E-state index contributed by atoms with van der Waals surface area (Å²) in [6, 6.07) is 4.32. The van der Waals surface area contributed by atoms with Crippen LogP contribution in [-0.4, -0.2) is 27.6 Å². The zero-order valence-corrected chi connectivity index (χ0v) is 14.5. The minimum absolute atomic E-state index is 0.196. The lowest BCUT2D eigenvalue weighted by atomic mass is 10.2. The average molecular weight is 320 g/mol. The van der Waals surface area contributed by atoms with Gasteiger partial charge in [-0.05, 0) is 24.8 Å². The Kier molecular flexibility index (Phi) is 6.27. The highest BCUT2D eigenvalue weighted by Crippen LogP contribution is 2.13. The molecule has 1 atom stereocenters. The molecule has 120 valence electrons. The van der Waals surface area contributed by atoms with Gasteiger partial charge in [0.25, 0.3) is 0 Å². The van der Waals surface area contributed by atoms with Gasteiger partial charge in [0.1, 0.15) is 11.6 Å². The first-order valence-corrected chi connectivity index (χ1v) is 8.55. The van der Waals surface area contributed by atoms with Crippen molar-refractivity contribution >= 4 is 17.3 Å². The molecule has 0 aliphatic carbocycles. The lowest BCUT2D eigenvalue weighted by Gasteiger charge is -2.17. The molecule has 0 aromatic carbocycles. The smallest absolute Gasteiger partial charge is 0.226 e. The summed E-state index contributed by atoms with van der Waals surface area (Å²) >= 11 is 1.71. The molecule has 0 spiro atoms. The summed E-state index contributed by atoms with van der Waals surface area (Å²) in [6.45, 7) is 9.48. The van der Waals surface area contributed by atoms with E-state index in [1.165, 1.54) is 4.88 Å². The SMILES string of the molecule is CCC(COCc1cccs1)Nc1nc(C)nc(C(C)C)n1. The molecule has 6 heteroatoms. The van der Waals surface area contributed by atoms with Gasteiger partial charge in [-0.1, -0.05) is 26.8 Å². The van der Waals surface area contributed by atoms with E-state index in [0.29, 0.717) is 19.2 Å². The van der Waals surface area contributed by atoms with Gasteiger partial charge in [-0.15, -0.1) is 11.3 Å². The van der Waals surface area contributed by atoms with Crippen molar-refractivity contribution in [3.63, 3.8) is 0 Å². The molecule has 0 saturated heterocycles. The van der Waals surface area contributed by atoms with E-state index in [-0.39, 0.29) is 12.0 Å². The average Bonchev–Trinajstić information content (AvgIpc) is 2.98. The summed E-state index contributed by atoms with van der Waals surface area (Å²) in [5.74, 6) is 2.50. The summed E-state index contributed by atoms with van der Waals surface area (Å²) in [5.41, 5.74) is 0. The molecule has 2 heterocycles. The minimum Gasteiger partial charge on any atom is -0.374 e. The largest absolute Gasteiger partial charge is 0.374 e. The molecule has 5 nitrogen and oxygen atoms in total. The third-order valence-corrected chi connectivity index (χ3v) is 4.10. The van der Waals surface area contributed by atoms with Crippen LogP contribution in [0.15, 0.2) is 17.5 Å². The Hall–Kier alpha value is -1.53. The number of nitrogens with one attached hydrogen (secondary N) is 1. The second-order valence-corrected chi connectivity index (χ2v) is 6.60. The maximum Gasteiger partial charge on any atom is 0.226 e. The second-order valence-electron chi connectivity index (χ2n) is 5.56. The summed E-state index contributed by atoms with van der Waals surface area (Å²) in [7, 11) is 0. The van der Waals surface area contributed by atoms with E-state index in [1.807, 2.05) is 13.0 Å². The zero-order chi connectivity index (χ0) is 15.9. The predicted octanol–water partition coefficient (Wildman–Crippen LogP) is 3.77. The zero-order valence-electron chi connectivity index (χ0n) is 13.7. The minimum atomic E-state index is 0.196. The molecule has 2 aromatic heterocycles. The number of hydrogen-bond donors (Lipinski definition) is 1. The quantitative estimate of drug-likeness (QED) is 0.802. The predicted molar refractivity (Wildman–Crippen MR) is 90.3 cm³/mol. The number of aromatic nitrogens is 3. The van der Waals surface area contributed by atoms with E-state index in [2.05, 4.69) is 52.5 Å². The van der Waals surface area contributed by atoms with Crippen LogP contribution in [0.25, 0.3) is 0 Å². The van der Waals surface area contributed by atoms with Crippen molar-refractivity contribution in [3.8, 4) is 0 Å². The Labute approximate surface area is 136 Å². The standard InChI is InChI=1S/C16H24N4OS/c1-5-13(9-21-10-14-7-6-8-22-14)19-16-18-12(4)17-15(20-16)11(2)3/h6-8,11,13H,5,9-10H2,1-4H3,(H,17,18,19,20). The highest BCUT2D eigenvalue weighted by atomic mass is 32.1. The van der Waals surface area contributed by atoms with Gasteiger partial charge in [0.05, 0.1) is 19.3 Å². The van der Waals surface area contributed by atoms with Crippen molar-refractivity contribution in [2.45, 2.75) is 52.7 Å². The molecule has 0 radical (unpaired) electrons. The Bertz CT molecular complexity index is 572. The van der Waals surface area contributed by atoms with E-state index in [4.69, 9.17) is 4.74 Å². The van der Waals surface area contributed by atoms with Gasteiger partial charge in [0, 0.05) is 10.8 Å². The first kappa shape index (κ1) is 16.8. The van der Waals surface area contributed by atoms with E-state index in [9.17, 15) is 0 Å². The van der Waals surface area contributed by atoms with Gasteiger partial charge >= 0.3 is 0 Å². The second kappa shape index (κ2) is 8.19. The van der Waals surface area contributed by atoms with Crippen LogP contribution in [0.5, 0.6) is 0 Å². The molecule has 0 saturated carbocycles.